The molecule has 1 aliphatic carbocycles. The number of nitro groups is 1. The van der Waals surface area contributed by atoms with E-state index in [9.17, 15) is 14.5 Å². The third kappa shape index (κ3) is 3.25. The highest BCUT2D eigenvalue weighted by atomic mass is 19.1. The Hall–Kier alpha value is -1.69. The number of methoxy groups -OCH3 is 1. The van der Waals surface area contributed by atoms with Gasteiger partial charge in [0.1, 0.15) is 0 Å². The van der Waals surface area contributed by atoms with Crippen LogP contribution in [-0.2, 0) is 6.42 Å². The van der Waals surface area contributed by atoms with Crippen LogP contribution >= 0.6 is 0 Å². The number of ether oxygens (including phenoxy) is 1. The van der Waals surface area contributed by atoms with Crippen molar-refractivity contribution < 1.29 is 14.1 Å². The third-order valence-corrected chi connectivity index (χ3v) is 3.65. The van der Waals surface area contributed by atoms with Crippen molar-refractivity contribution in [2.45, 2.75) is 32.2 Å². The molecule has 0 radical (unpaired) electrons. The number of halogens is 1. The molecule has 20 heavy (non-hydrogen) atoms. The normalized spacial score (nSPS) is 15.9. The van der Waals surface area contributed by atoms with Gasteiger partial charge < -0.3 is 10.1 Å². The first-order chi connectivity index (χ1) is 9.56. The van der Waals surface area contributed by atoms with E-state index in [2.05, 4.69) is 5.32 Å². The molecule has 0 saturated heterocycles. The average Bonchev–Trinajstić information content (AvgIpc) is 3.23. The fourth-order valence-electron chi connectivity index (χ4n) is 2.48. The highest BCUT2D eigenvalue weighted by Gasteiger charge is 2.32. The van der Waals surface area contributed by atoms with E-state index >= 15 is 0 Å². The number of likely N-dealkylation sites (N-methyl/N-ethyl adjacent to an activating group) is 1. The number of rotatable bonds is 7. The molecule has 5 nitrogen and oxygen atoms in total. The predicted molar refractivity (Wildman–Crippen MR) is 73.5 cm³/mol. The summed E-state index contributed by atoms with van der Waals surface area (Å²) < 4.78 is 18.5. The van der Waals surface area contributed by atoms with Crippen LogP contribution in [0.25, 0.3) is 0 Å². The maximum atomic E-state index is 13.6. The molecule has 0 bridgehead atoms. The lowest BCUT2D eigenvalue weighted by Gasteiger charge is -2.17. The molecular formula is C14H19FN2O3. The molecule has 1 fully saturated rings. The minimum atomic E-state index is -0.700. The van der Waals surface area contributed by atoms with Crippen LogP contribution in [-0.4, -0.2) is 24.6 Å². The smallest absolute Gasteiger partial charge is 0.275 e. The Labute approximate surface area is 117 Å². The Balaban J connectivity index is 2.29. The number of hydrogen-bond donors (Lipinski definition) is 1. The van der Waals surface area contributed by atoms with E-state index in [4.69, 9.17) is 4.74 Å². The standard InChI is InChI=1S/C14H19FN2O3/c1-3-16-12(9-4-5-9)6-10-7-14(20-2)11(15)8-13(10)17(18)19/h7-9,12,16H,3-6H2,1-2H3. The predicted octanol–water partition coefficient (Wildman–Crippen LogP) is 2.67. The molecule has 6 heteroatoms. The summed E-state index contributed by atoms with van der Waals surface area (Å²) in [7, 11) is 1.36. The van der Waals surface area contributed by atoms with Gasteiger partial charge in [-0.2, -0.15) is 0 Å². The third-order valence-electron chi connectivity index (χ3n) is 3.65. The Morgan fingerprint density at radius 2 is 2.25 bits per heavy atom. The van der Waals surface area contributed by atoms with Crippen molar-refractivity contribution in [3.8, 4) is 5.75 Å². The highest BCUT2D eigenvalue weighted by Crippen LogP contribution is 2.36. The van der Waals surface area contributed by atoms with Crippen LogP contribution < -0.4 is 10.1 Å². The highest BCUT2D eigenvalue weighted by molar-refractivity contribution is 5.46. The lowest BCUT2D eigenvalue weighted by molar-refractivity contribution is -0.385. The quantitative estimate of drug-likeness (QED) is 0.617. The van der Waals surface area contributed by atoms with Crippen LogP contribution in [0.3, 0.4) is 0 Å². The minimum absolute atomic E-state index is 0.0524. The summed E-state index contributed by atoms with van der Waals surface area (Å²) in [5.74, 6) is -0.0865. The first-order valence-electron chi connectivity index (χ1n) is 6.81. The van der Waals surface area contributed by atoms with Gasteiger partial charge in [-0.1, -0.05) is 6.92 Å². The number of nitrogens with zero attached hydrogens (tertiary/aromatic N) is 1. The first kappa shape index (κ1) is 14.7. The van der Waals surface area contributed by atoms with E-state index in [0.29, 0.717) is 17.9 Å². The first-order valence-corrected chi connectivity index (χ1v) is 6.81. The fraction of sp³-hybridized carbons (Fsp3) is 0.571. The van der Waals surface area contributed by atoms with Gasteiger partial charge in [-0.25, -0.2) is 4.39 Å². The van der Waals surface area contributed by atoms with Gasteiger partial charge in [0, 0.05) is 11.6 Å². The van der Waals surface area contributed by atoms with Gasteiger partial charge in [-0.05, 0) is 37.8 Å². The number of hydrogen-bond acceptors (Lipinski definition) is 4. The molecule has 2 rings (SSSR count). The van der Waals surface area contributed by atoms with Crippen LogP contribution in [0.4, 0.5) is 10.1 Å². The largest absolute Gasteiger partial charge is 0.494 e. The van der Waals surface area contributed by atoms with Crippen molar-refractivity contribution in [1.29, 1.82) is 0 Å². The zero-order valence-electron chi connectivity index (χ0n) is 11.7. The van der Waals surface area contributed by atoms with Gasteiger partial charge in [0.15, 0.2) is 11.6 Å². The van der Waals surface area contributed by atoms with Crippen LogP contribution in [0.15, 0.2) is 12.1 Å². The molecule has 0 amide bonds. The van der Waals surface area contributed by atoms with Gasteiger partial charge in [0.2, 0.25) is 0 Å². The topological polar surface area (TPSA) is 64.4 Å². The summed E-state index contributed by atoms with van der Waals surface area (Å²) in [4.78, 5) is 10.5. The van der Waals surface area contributed by atoms with Crippen LogP contribution in [0.5, 0.6) is 5.75 Å². The molecule has 1 atom stereocenters. The summed E-state index contributed by atoms with van der Waals surface area (Å²) >= 11 is 0. The van der Waals surface area contributed by atoms with E-state index in [-0.39, 0.29) is 17.5 Å². The van der Waals surface area contributed by atoms with E-state index in [1.807, 2.05) is 6.92 Å². The fourth-order valence-corrected chi connectivity index (χ4v) is 2.48. The molecule has 0 aromatic heterocycles. The van der Waals surface area contributed by atoms with Crippen molar-refractivity contribution in [3.63, 3.8) is 0 Å². The zero-order valence-corrected chi connectivity index (χ0v) is 11.7. The molecule has 1 aromatic rings. The summed E-state index contributed by atoms with van der Waals surface area (Å²) in [5, 5.41) is 14.4. The van der Waals surface area contributed by atoms with Gasteiger partial charge in [0.05, 0.1) is 18.1 Å². The van der Waals surface area contributed by atoms with E-state index in [1.165, 1.54) is 13.2 Å². The van der Waals surface area contributed by atoms with Crippen LogP contribution in [0.2, 0.25) is 0 Å². The Bertz CT molecular complexity index is 503. The van der Waals surface area contributed by atoms with Crippen LogP contribution in [0.1, 0.15) is 25.3 Å². The maximum absolute atomic E-state index is 13.6. The summed E-state index contributed by atoms with van der Waals surface area (Å²) in [6.45, 7) is 2.82. The van der Waals surface area contributed by atoms with Gasteiger partial charge in [0.25, 0.3) is 5.69 Å². The Morgan fingerprint density at radius 1 is 1.55 bits per heavy atom. The second-order valence-corrected chi connectivity index (χ2v) is 5.08. The molecule has 0 aliphatic heterocycles. The van der Waals surface area contributed by atoms with Crippen molar-refractivity contribution in [2.24, 2.45) is 5.92 Å². The van der Waals surface area contributed by atoms with Gasteiger partial charge in [-0.3, -0.25) is 10.1 Å². The van der Waals surface area contributed by atoms with Crippen LogP contribution in [0, 0.1) is 21.8 Å². The van der Waals surface area contributed by atoms with E-state index in [0.717, 1.165) is 25.5 Å². The molecule has 1 unspecified atom stereocenters. The lowest BCUT2D eigenvalue weighted by Crippen LogP contribution is -2.33. The molecule has 0 spiro atoms. The zero-order chi connectivity index (χ0) is 14.7. The molecule has 0 heterocycles. The van der Waals surface area contributed by atoms with E-state index in [1.54, 1.807) is 0 Å². The Morgan fingerprint density at radius 3 is 2.75 bits per heavy atom. The van der Waals surface area contributed by atoms with E-state index < -0.39 is 10.7 Å². The number of nitrogens with one attached hydrogen (secondary N) is 1. The van der Waals surface area contributed by atoms with Crippen molar-refractivity contribution in [3.05, 3.63) is 33.6 Å². The summed E-state index contributed by atoms with van der Waals surface area (Å²) in [6, 6.07) is 2.60. The lowest BCUT2D eigenvalue weighted by atomic mass is 10.00. The van der Waals surface area contributed by atoms with Crippen molar-refractivity contribution >= 4 is 5.69 Å². The average molecular weight is 282 g/mol. The van der Waals surface area contributed by atoms with Gasteiger partial charge >= 0.3 is 0 Å². The van der Waals surface area contributed by atoms with Gasteiger partial charge in [-0.15, -0.1) is 0 Å². The molecule has 1 aromatic carbocycles. The second kappa shape index (κ2) is 6.17. The summed E-state index contributed by atoms with van der Waals surface area (Å²) in [6.07, 6.45) is 2.80. The molecule has 1 aliphatic rings. The second-order valence-electron chi connectivity index (χ2n) is 5.08. The maximum Gasteiger partial charge on any atom is 0.275 e. The molecule has 1 saturated carbocycles. The number of nitro benzene ring substituents is 1. The SMILES string of the molecule is CCNC(Cc1cc(OC)c(F)cc1[N+](=O)[O-])C1CC1. The number of benzene rings is 1. The summed E-state index contributed by atoms with van der Waals surface area (Å²) in [5.41, 5.74) is 0.345. The van der Waals surface area contributed by atoms with Crippen molar-refractivity contribution in [1.82, 2.24) is 5.32 Å². The Kier molecular flexibility index (Phi) is 4.54. The minimum Gasteiger partial charge on any atom is -0.494 e. The molecular weight excluding hydrogens is 263 g/mol. The van der Waals surface area contributed by atoms with Crippen molar-refractivity contribution in [2.75, 3.05) is 13.7 Å². The molecule has 1 N–H and O–H groups in total. The molecule has 110 valence electrons. The monoisotopic (exact) mass is 282 g/mol.